The minimum Gasteiger partial charge on any atom is -0.406 e. The summed E-state index contributed by atoms with van der Waals surface area (Å²) in [6, 6.07) is 7.75. The molecule has 1 aromatic heterocycles. The summed E-state index contributed by atoms with van der Waals surface area (Å²) in [6.45, 7) is 5.02. The molecule has 1 heterocycles. The number of rotatable bonds is 6. The quantitative estimate of drug-likeness (QED) is 0.847. The van der Waals surface area contributed by atoms with Crippen LogP contribution in [0.1, 0.15) is 32.2 Å². The zero-order valence-corrected chi connectivity index (χ0v) is 11.7. The summed E-state index contributed by atoms with van der Waals surface area (Å²) in [4.78, 5) is 0. The molecule has 0 radical (unpaired) electrons. The van der Waals surface area contributed by atoms with Gasteiger partial charge in [-0.1, -0.05) is 29.7 Å². The summed E-state index contributed by atoms with van der Waals surface area (Å²) in [7, 11) is 0. The van der Waals surface area contributed by atoms with Crippen molar-refractivity contribution in [3.63, 3.8) is 0 Å². The van der Waals surface area contributed by atoms with Gasteiger partial charge in [0.1, 0.15) is 0 Å². The molecule has 0 spiro atoms. The van der Waals surface area contributed by atoms with Crippen LogP contribution in [-0.2, 0) is 0 Å². The van der Waals surface area contributed by atoms with Gasteiger partial charge >= 0.3 is 6.01 Å². The summed E-state index contributed by atoms with van der Waals surface area (Å²) < 4.78 is 5.55. The van der Waals surface area contributed by atoms with Gasteiger partial charge in [0.15, 0.2) is 0 Å². The minimum atomic E-state index is 0.0439. The van der Waals surface area contributed by atoms with Gasteiger partial charge in [-0.15, -0.1) is 5.10 Å². The first kappa shape index (κ1) is 13.8. The fraction of sp³-hybridized carbons (Fsp3) is 0.385. The maximum absolute atomic E-state index is 5.91. The molecule has 0 aliphatic carbocycles. The Morgan fingerprint density at radius 2 is 2.21 bits per heavy atom. The predicted octanol–water partition coefficient (Wildman–Crippen LogP) is 3.53. The molecule has 0 aliphatic rings. The van der Waals surface area contributed by atoms with Crippen molar-refractivity contribution < 1.29 is 4.42 Å². The number of aromatic nitrogens is 2. The predicted molar refractivity (Wildman–Crippen MR) is 75.7 cm³/mol. The Labute approximate surface area is 117 Å². The second kappa shape index (κ2) is 6.54. The SMILES string of the molecule is CCCNC(C)c1nnc(Nc2cccc(Cl)c2)o1. The van der Waals surface area contributed by atoms with Crippen molar-refractivity contribution in [1.82, 2.24) is 15.5 Å². The van der Waals surface area contributed by atoms with Crippen LogP contribution in [0, 0.1) is 0 Å². The second-order valence-corrected chi connectivity index (χ2v) is 4.69. The summed E-state index contributed by atoms with van der Waals surface area (Å²) in [5.74, 6) is 0.568. The molecule has 1 aromatic carbocycles. The van der Waals surface area contributed by atoms with E-state index in [1.807, 2.05) is 25.1 Å². The van der Waals surface area contributed by atoms with Gasteiger partial charge in [0.05, 0.1) is 6.04 Å². The molecular weight excluding hydrogens is 264 g/mol. The Kier molecular flexibility index (Phi) is 4.76. The van der Waals surface area contributed by atoms with E-state index in [1.54, 1.807) is 6.07 Å². The molecule has 0 bridgehead atoms. The Hall–Kier alpha value is -1.59. The van der Waals surface area contributed by atoms with Crippen LogP contribution in [0.25, 0.3) is 0 Å². The van der Waals surface area contributed by atoms with E-state index in [4.69, 9.17) is 16.0 Å². The lowest BCUT2D eigenvalue weighted by Gasteiger charge is -2.07. The number of nitrogens with zero attached hydrogens (tertiary/aromatic N) is 2. The lowest BCUT2D eigenvalue weighted by molar-refractivity contribution is 0.424. The topological polar surface area (TPSA) is 63.0 Å². The van der Waals surface area contributed by atoms with Gasteiger partial charge in [0.25, 0.3) is 0 Å². The maximum atomic E-state index is 5.91. The fourth-order valence-corrected chi connectivity index (χ4v) is 1.79. The first-order valence-corrected chi connectivity index (χ1v) is 6.66. The van der Waals surface area contributed by atoms with E-state index in [0.717, 1.165) is 18.7 Å². The molecule has 0 saturated heterocycles. The third-order valence-corrected chi connectivity index (χ3v) is 2.82. The molecule has 2 N–H and O–H groups in total. The molecule has 5 nitrogen and oxygen atoms in total. The number of benzene rings is 1. The van der Waals surface area contributed by atoms with Crippen molar-refractivity contribution in [3.8, 4) is 0 Å². The van der Waals surface area contributed by atoms with Crippen molar-refractivity contribution in [3.05, 3.63) is 35.2 Å². The zero-order chi connectivity index (χ0) is 13.7. The number of nitrogens with one attached hydrogen (secondary N) is 2. The summed E-state index contributed by atoms with van der Waals surface area (Å²) in [5, 5.41) is 14.9. The van der Waals surface area contributed by atoms with Gasteiger partial charge in [0, 0.05) is 10.7 Å². The van der Waals surface area contributed by atoms with Crippen molar-refractivity contribution >= 4 is 23.3 Å². The minimum absolute atomic E-state index is 0.0439. The van der Waals surface area contributed by atoms with E-state index in [1.165, 1.54) is 0 Å². The lowest BCUT2D eigenvalue weighted by atomic mass is 10.3. The van der Waals surface area contributed by atoms with Crippen molar-refractivity contribution in [1.29, 1.82) is 0 Å². The first-order valence-electron chi connectivity index (χ1n) is 6.28. The standard InChI is InChI=1S/C13H17ClN4O/c1-3-7-15-9(2)12-17-18-13(19-12)16-11-6-4-5-10(14)8-11/h4-6,8-9,15H,3,7H2,1-2H3,(H,16,18). The molecule has 102 valence electrons. The smallest absolute Gasteiger partial charge is 0.320 e. The molecule has 0 amide bonds. The van der Waals surface area contributed by atoms with E-state index in [9.17, 15) is 0 Å². The first-order chi connectivity index (χ1) is 9.19. The third-order valence-electron chi connectivity index (χ3n) is 2.59. The van der Waals surface area contributed by atoms with Crippen molar-refractivity contribution in [2.45, 2.75) is 26.3 Å². The fourth-order valence-electron chi connectivity index (χ4n) is 1.60. The van der Waals surface area contributed by atoms with Crippen molar-refractivity contribution in [2.24, 2.45) is 0 Å². The van der Waals surface area contributed by atoms with Gasteiger partial charge in [-0.05, 0) is 38.1 Å². The number of hydrogen-bond donors (Lipinski definition) is 2. The number of anilines is 2. The Balaban J connectivity index is 2.01. The largest absolute Gasteiger partial charge is 0.406 e. The number of halogens is 1. The van der Waals surface area contributed by atoms with Crippen LogP contribution in [0.2, 0.25) is 5.02 Å². The number of hydrogen-bond acceptors (Lipinski definition) is 5. The van der Waals surface area contributed by atoms with Gasteiger partial charge in [-0.2, -0.15) is 0 Å². The molecule has 1 atom stereocenters. The normalized spacial score (nSPS) is 12.4. The van der Waals surface area contributed by atoms with E-state index < -0.39 is 0 Å². The van der Waals surface area contributed by atoms with Crippen LogP contribution < -0.4 is 10.6 Å². The van der Waals surface area contributed by atoms with E-state index in [2.05, 4.69) is 27.8 Å². The van der Waals surface area contributed by atoms with E-state index in [-0.39, 0.29) is 6.04 Å². The second-order valence-electron chi connectivity index (χ2n) is 4.26. The van der Waals surface area contributed by atoms with Crippen LogP contribution >= 0.6 is 11.6 Å². The Bertz CT molecular complexity index is 529. The highest BCUT2D eigenvalue weighted by Gasteiger charge is 2.13. The van der Waals surface area contributed by atoms with Gasteiger partial charge in [-0.25, -0.2) is 0 Å². The third kappa shape index (κ3) is 3.94. The van der Waals surface area contributed by atoms with Crippen LogP contribution in [0.5, 0.6) is 0 Å². The Morgan fingerprint density at radius 1 is 1.37 bits per heavy atom. The molecule has 0 fully saturated rings. The molecule has 2 rings (SSSR count). The highest BCUT2D eigenvalue weighted by atomic mass is 35.5. The molecule has 1 unspecified atom stereocenters. The highest BCUT2D eigenvalue weighted by Crippen LogP contribution is 2.20. The van der Waals surface area contributed by atoms with Crippen LogP contribution in [-0.4, -0.2) is 16.7 Å². The average Bonchev–Trinajstić information content (AvgIpc) is 2.84. The molecule has 0 aliphatic heterocycles. The van der Waals surface area contributed by atoms with Crippen LogP contribution in [0.3, 0.4) is 0 Å². The molecule has 6 heteroatoms. The summed E-state index contributed by atoms with van der Waals surface area (Å²) in [5.41, 5.74) is 0.817. The average molecular weight is 281 g/mol. The van der Waals surface area contributed by atoms with Crippen LogP contribution in [0.15, 0.2) is 28.7 Å². The van der Waals surface area contributed by atoms with Gasteiger partial charge < -0.3 is 15.1 Å². The molecule has 19 heavy (non-hydrogen) atoms. The molecule has 0 saturated carbocycles. The summed E-state index contributed by atoms with van der Waals surface area (Å²) >= 11 is 5.91. The van der Waals surface area contributed by atoms with Gasteiger partial charge in [0.2, 0.25) is 5.89 Å². The monoisotopic (exact) mass is 280 g/mol. The lowest BCUT2D eigenvalue weighted by Crippen LogP contribution is -2.19. The summed E-state index contributed by atoms with van der Waals surface area (Å²) in [6.07, 6.45) is 1.06. The Morgan fingerprint density at radius 3 is 2.95 bits per heavy atom. The van der Waals surface area contributed by atoms with E-state index >= 15 is 0 Å². The van der Waals surface area contributed by atoms with Gasteiger partial charge in [-0.3, -0.25) is 0 Å². The van der Waals surface area contributed by atoms with E-state index in [0.29, 0.717) is 16.9 Å². The van der Waals surface area contributed by atoms with Crippen LogP contribution in [0.4, 0.5) is 11.7 Å². The zero-order valence-electron chi connectivity index (χ0n) is 11.0. The maximum Gasteiger partial charge on any atom is 0.320 e. The highest BCUT2D eigenvalue weighted by molar-refractivity contribution is 6.30. The van der Waals surface area contributed by atoms with Crippen molar-refractivity contribution in [2.75, 3.05) is 11.9 Å². The molecular formula is C13H17ClN4O. The molecule has 2 aromatic rings.